The molecular weight excluding hydrogens is 328 g/mol. The number of carboxylic acids is 1. The molecule has 0 radical (unpaired) electrons. The average molecular weight is 356 g/mol. The number of aryl methyl sites for hydroxylation is 1. The van der Waals surface area contributed by atoms with Crippen molar-refractivity contribution in [1.82, 2.24) is 0 Å². The van der Waals surface area contributed by atoms with E-state index in [9.17, 15) is 4.79 Å². The van der Waals surface area contributed by atoms with Crippen molar-refractivity contribution >= 4 is 5.97 Å². The van der Waals surface area contributed by atoms with Crippen molar-refractivity contribution in [1.29, 1.82) is 0 Å². The standard InChI is InChI=1S/C22H28O4/c1-4-5-6-7-16-11-19(25-13-21(23)24)22-18-10-14(2)8-9-17(18)15(3)26-20(22)12-16/h10-12,17-18H,3-9,13H2,1-2H3,(H,23,24)/t17-,18?/m0/s1. The topological polar surface area (TPSA) is 55.8 Å². The Balaban J connectivity index is 2.01. The van der Waals surface area contributed by atoms with Crippen LogP contribution >= 0.6 is 0 Å². The average Bonchev–Trinajstić information content (AvgIpc) is 2.59. The van der Waals surface area contributed by atoms with Crippen molar-refractivity contribution in [2.75, 3.05) is 6.61 Å². The quantitative estimate of drug-likeness (QED) is 0.537. The number of rotatable bonds is 7. The maximum Gasteiger partial charge on any atom is 0.341 e. The zero-order valence-corrected chi connectivity index (χ0v) is 15.7. The number of fused-ring (bicyclic) bond motifs is 3. The molecule has 1 aliphatic heterocycles. The summed E-state index contributed by atoms with van der Waals surface area (Å²) in [6.45, 7) is 8.13. The first-order valence-electron chi connectivity index (χ1n) is 9.55. The van der Waals surface area contributed by atoms with Gasteiger partial charge in [0.2, 0.25) is 0 Å². The molecule has 4 heteroatoms. The third kappa shape index (κ3) is 3.95. The van der Waals surface area contributed by atoms with Gasteiger partial charge in [0.1, 0.15) is 17.3 Å². The van der Waals surface area contributed by atoms with Gasteiger partial charge in [0.05, 0.1) is 0 Å². The Kier molecular flexibility index (Phi) is 5.70. The molecule has 1 aromatic rings. The van der Waals surface area contributed by atoms with E-state index in [1.807, 2.05) is 6.07 Å². The van der Waals surface area contributed by atoms with Crippen LogP contribution in [-0.4, -0.2) is 17.7 Å². The van der Waals surface area contributed by atoms with E-state index in [1.54, 1.807) is 0 Å². The van der Waals surface area contributed by atoms with Gasteiger partial charge in [-0.1, -0.05) is 38.0 Å². The molecule has 26 heavy (non-hydrogen) atoms. The molecule has 1 N–H and O–H groups in total. The van der Waals surface area contributed by atoms with Gasteiger partial charge in [-0.05, 0) is 50.3 Å². The third-order valence-corrected chi connectivity index (χ3v) is 5.32. The highest BCUT2D eigenvalue weighted by Gasteiger charge is 2.37. The van der Waals surface area contributed by atoms with E-state index in [1.165, 1.54) is 12.0 Å². The minimum absolute atomic E-state index is 0.147. The minimum Gasteiger partial charge on any atom is -0.481 e. The molecule has 0 saturated carbocycles. The SMILES string of the molecule is C=C1Oc2cc(CCCCC)cc(OCC(=O)O)c2C2C=C(C)CC[C@@H]12. The van der Waals surface area contributed by atoms with Gasteiger partial charge in [-0.2, -0.15) is 0 Å². The van der Waals surface area contributed by atoms with Crippen LogP contribution in [0.15, 0.2) is 36.1 Å². The van der Waals surface area contributed by atoms with Crippen molar-refractivity contribution in [2.45, 2.75) is 58.3 Å². The molecule has 3 rings (SSSR count). The molecular formula is C22H28O4. The van der Waals surface area contributed by atoms with Crippen LogP contribution in [0.1, 0.15) is 63.0 Å². The number of ether oxygens (including phenoxy) is 2. The van der Waals surface area contributed by atoms with Crippen LogP contribution in [0.25, 0.3) is 0 Å². The second kappa shape index (κ2) is 7.98. The number of hydrogen-bond donors (Lipinski definition) is 1. The van der Waals surface area contributed by atoms with E-state index < -0.39 is 5.97 Å². The smallest absolute Gasteiger partial charge is 0.341 e. The van der Waals surface area contributed by atoms with Gasteiger partial charge in [0, 0.05) is 17.4 Å². The number of carbonyl (C=O) groups is 1. The molecule has 0 fully saturated rings. The molecule has 140 valence electrons. The summed E-state index contributed by atoms with van der Waals surface area (Å²) in [4.78, 5) is 11.0. The number of hydrogen-bond acceptors (Lipinski definition) is 3. The summed E-state index contributed by atoms with van der Waals surface area (Å²) >= 11 is 0. The number of benzene rings is 1. The van der Waals surface area contributed by atoms with E-state index >= 15 is 0 Å². The van der Waals surface area contributed by atoms with Crippen molar-refractivity contribution in [2.24, 2.45) is 5.92 Å². The van der Waals surface area contributed by atoms with Crippen LogP contribution in [0.3, 0.4) is 0 Å². The summed E-state index contributed by atoms with van der Waals surface area (Å²) in [5, 5.41) is 9.06. The summed E-state index contributed by atoms with van der Waals surface area (Å²) in [6, 6.07) is 4.08. The molecule has 1 aliphatic carbocycles. The van der Waals surface area contributed by atoms with Crippen molar-refractivity contribution < 1.29 is 19.4 Å². The lowest BCUT2D eigenvalue weighted by Crippen LogP contribution is -2.26. The van der Waals surface area contributed by atoms with Crippen LogP contribution in [-0.2, 0) is 11.2 Å². The molecule has 4 nitrogen and oxygen atoms in total. The Morgan fingerprint density at radius 1 is 1.38 bits per heavy atom. The lowest BCUT2D eigenvalue weighted by Gasteiger charge is -2.37. The predicted molar refractivity (Wildman–Crippen MR) is 102 cm³/mol. The number of allylic oxidation sites excluding steroid dienone is 3. The second-order valence-electron chi connectivity index (χ2n) is 7.40. The van der Waals surface area contributed by atoms with E-state index in [0.717, 1.165) is 54.7 Å². The number of carboxylic acid groups (broad SMARTS) is 1. The fourth-order valence-electron chi connectivity index (χ4n) is 3.98. The monoisotopic (exact) mass is 356 g/mol. The van der Waals surface area contributed by atoms with E-state index in [4.69, 9.17) is 14.6 Å². The normalized spacial score (nSPS) is 21.3. The molecule has 0 saturated heterocycles. The van der Waals surface area contributed by atoms with Gasteiger partial charge in [0.15, 0.2) is 6.61 Å². The predicted octanol–water partition coefficient (Wildman–Crippen LogP) is 5.23. The van der Waals surface area contributed by atoms with Gasteiger partial charge < -0.3 is 14.6 Å². The fraction of sp³-hybridized carbons (Fsp3) is 0.500. The van der Waals surface area contributed by atoms with E-state index in [-0.39, 0.29) is 18.4 Å². The highest BCUT2D eigenvalue weighted by atomic mass is 16.5. The van der Waals surface area contributed by atoms with Crippen LogP contribution in [0.5, 0.6) is 11.5 Å². The molecule has 0 amide bonds. The van der Waals surface area contributed by atoms with Crippen molar-refractivity contribution in [3.05, 3.63) is 47.2 Å². The highest BCUT2D eigenvalue weighted by molar-refractivity contribution is 5.69. The van der Waals surface area contributed by atoms with Crippen molar-refractivity contribution in [3.63, 3.8) is 0 Å². The summed E-state index contributed by atoms with van der Waals surface area (Å²) < 4.78 is 11.8. The highest BCUT2D eigenvalue weighted by Crippen LogP contribution is 2.51. The lowest BCUT2D eigenvalue weighted by atomic mass is 9.74. The van der Waals surface area contributed by atoms with E-state index in [0.29, 0.717) is 5.75 Å². The van der Waals surface area contributed by atoms with Gasteiger partial charge in [-0.3, -0.25) is 0 Å². The summed E-state index contributed by atoms with van der Waals surface area (Å²) in [5.74, 6) is 1.63. The van der Waals surface area contributed by atoms with Gasteiger partial charge in [0.25, 0.3) is 0 Å². The van der Waals surface area contributed by atoms with Crippen LogP contribution < -0.4 is 9.47 Å². The van der Waals surface area contributed by atoms with Crippen LogP contribution in [0.4, 0.5) is 0 Å². The fourth-order valence-corrected chi connectivity index (χ4v) is 3.98. The van der Waals surface area contributed by atoms with Crippen LogP contribution in [0, 0.1) is 5.92 Å². The summed E-state index contributed by atoms with van der Waals surface area (Å²) in [6.07, 6.45) is 8.67. The molecule has 1 heterocycles. The number of aliphatic carboxylic acids is 1. The lowest BCUT2D eigenvalue weighted by molar-refractivity contribution is -0.139. The molecule has 1 unspecified atom stereocenters. The second-order valence-corrected chi connectivity index (χ2v) is 7.40. The number of unbranched alkanes of at least 4 members (excludes halogenated alkanes) is 2. The van der Waals surface area contributed by atoms with Gasteiger partial charge >= 0.3 is 5.97 Å². The maximum atomic E-state index is 11.0. The summed E-state index contributed by atoms with van der Waals surface area (Å²) in [5.41, 5.74) is 3.45. The largest absolute Gasteiger partial charge is 0.481 e. The van der Waals surface area contributed by atoms with Crippen LogP contribution in [0.2, 0.25) is 0 Å². The molecule has 0 aromatic heterocycles. The minimum atomic E-state index is -0.969. The first kappa shape index (κ1) is 18.6. The molecule has 2 aliphatic rings. The molecule has 0 spiro atoms. The molecule has 2 atom stereocenters. The summed E-state index contributed by atoms with van der Waals surface area (Å²) in [7, 11) is 0. The zero-order chi connectivity index (χ0) is 18.7. The Hall–Kier alpha value is -2.23. The Morgan fingerprint density at radius 3 is 2.92 bits per heavy atom. The Labute approximate surface area is 155 Å². The Bertz CT molecular complexity index is 732. The van der Waals surface area contributed by atoms with Gasteiger partial charge in [-0.25, -0.2) is 4.79 Å². The first-order valence-corrected chi connectivity index (χ1v) is 9.55. The van der Waals surface area contributed by atoms with Gasteiger partial charge in [-0.15, -0.1) is 0 Å². The zero-order valence-electron chi connectivity index (χ0n) is 15.7. The maximum absolute atomic E-state index is 11.0. The first-order chi connectivity index (χ1) is 12.5. The van der Waals surface area contributed by atoms with Crippen molar-refractivity contribution in [3.8, 4) is 11.5 Å². The Morgan fingerprint density at radius 2 is 2.19 bits per heavy atom. The molecule has 0 bridgehead atoms. The molecule has 1 aromatic carbocycles. The third-order valence-electron chi connectivity index (χ3n) is 5.32. The van der Waals surface area contributed by atoms with E-state index in [2.05, 4.69) is 32.6 Å².